The first-order valence-corrected chi connectivity index (χ1v) is 10.2. The van der Waals surface area contributed by atoms with E-state index in [1.54, 1.807) is 0 Å². The van der Waals surface area contributed by atoms with Crippen molar-refractivity contribution in [3.63, 3.8) is 0 Å². The molecule has 0 fully saturated rings. The van der Waals surface area contributed by atoms with E-state index in [9.17, 15) is 19.2 Å². The molecule has 1 amide bonds. The number of amides is 1. The summed E-state index contributed by atoms with van der Waals surface area (Å²) < 4.78 is 19.4. The summed E-state index contributed by atoms with van der Waals surface area (Å²) in [5.74, 6) is -1.11. The molecular weight excluding hydrogens is 406 g/mol. The molecule has 0 radical (unpaired) electrons. The van der Waals surface area contributed by atoms with Crippen molar-refractivity contribution in [2.45, 2.75) is 46.5 Å². The first-order chi connectivity index (χ1) is 14.6. The van der Waals surface area contributed by atoms with E-state index >= 15 is 0 Å². The first-order valence-electron chi connectivity index (χ1n) is 10.2. The Bertz CT molecular complexity index is 615. The fraction of sp³-hybridized carbons (Fsp3) is 0.636. The van der Waals surface area contributed by atoms with Crippen LogP contribution in [-0.2, 0) is 33.3 Å². The Kier molecular flexibility index (Phi) is 14.5. The zero-order valence-corrected chi connectivity index (χ0v) is 18.8. The van der Waals surface area contributed by atoms with Crippen molar-refractivity contribution >= 4 is 24.0 Å². The molecule has 9 heteroatoms. The van der Waals surface area contributed by atoms with Crippen molar-refractivity contribution < 1.29 is 38.1 Å². The molecular formula is C22H35NO8. The number of carbonyl (C=O) groups excluding carboxylic acids is 4. The van der Waals surface area contributed by atoms with Gasteiger partial charge in [-0.05, 0) is 24.2 Å². The Morgan fingerprint density at radius 3 is 1.97 bits per heavy atom. The van der Waals surface area contributed by atoms with Crippen LogP contribution in [-0.4, -0.2) is 57.0 Å². The summed E-state index contributed by atoms with van der Waals surface area (Å²) in [7, 11) is 0. The largest absolute Gasteiger partial charge is 0.462 e. The molecule has 1 N–H and O–H groups in total. The Morgan fingerprint density at radius 1 is 0.903 bits per heavy atom. The van der Waals surface area contributed by atoms with E-state index in [0.717, 1.165) is 25.0 Å². The third-order valence-corrected chi connectivity index (χ3v) is 4.17. The van der Waals surface area contributed by atoms with Gasteiger partial charge in [0.05, 0.1) is 0 Å². The molecule has 0 spiro atoms. The number of hydrogen-bond acceptors (Lipinski definition) is 8. The van der Waals surface area contributed by atoms with Crippen LogP contribution in [0.15, 0.2) is 25.3 Å². The van der Waals surface area contributed by atoms with Crippen molar-refractivity contribution in [1.29, 1.82) is 0 Å². The van der Waals surface area contributed by atoms with E-state index in [-0.39, 0.29) is 37.8 Å². The monoisotopic (exact) mass is 441 g/mol. The van der Waals surface area contributed by atoms with Gasteiger partial charge >= 0.3 is 24.0 Å². The smallest absolute Gasteiger partial charge is 0.407 e. The third-order valence-electron chi connectivity index (χ3n) is 4.17. The van der Waals surface area contributed by atoms with Crippen LogP contribution in [0.1, 0.15) is 46.5 Å². The van der Waals surface area contributed by atoms with Crippen LogP contribution < -0.4 is 5.32 Å². The third kappa shape index (κ3) is 16.6. The minimum absolute atomic E-state index is 0.0105. The molecule has 0 heterocycles. The second kappa shape index (κ2) is 15.9. The molecule has 31 heavy (non-hydrogen) atoms. The van der Waals surface area contributed by atoms with Gasteiger partial charge in [-0.3, -0.25) is 4.79 Å². The highest BCUT2D eigenvalue weighted by molar-refractivity contribution is 5.81. The molecule has 0 aliphatic carbocycles. The fourth-order valence-corrected chi connectivity index (χ4v) is 2.84. The van der Waals surface area contributed by atoms with E-state index in [1.165, 1.54) is 0 Å². The lowest BCUT2D eigenvalue weighted by Gasteiger charge is -2.28. The lowest BCUT2D eigenvalue weighted by atomic mass is 9.81. The van der Waals surface area contributed by atoms with Crippen LogP contribution in [0.25, 0.3) is 0 Å². The zero-order valence-electron chi connectivity index (χ0n) is 18.8. The van der Waals surface area contributed by atoms with E-state index in [2.05, 4.69) is 25.4 Å². The van der Waals surface area contributed by atoms with E-state index in [0.29, 0.717) is 25.3 Å². The number of nitrogens with one attached hydrogen (secondary N) is 1. The number of alkyl carbamates (subject to hydrolysis) is 1. The highest BCUT2D eigenvalue weighted by atomic mass is 16.6. The molecule has 0 saturated heterocycles. The Hall–Kier alpha value is -2.84. The first kappa shape index (κ1) is 28.2. The summed E-state index contributed by atoms with van der Waals surface area (Å²) >= 11 is 0. The molecule has 176 valence electrons. The van der Waals surface area contributed by atoms with Crippen LogP contribution in [0.2, 0.25) is 0 Å². The molecule has 0 aromatic heterocycles. The second-order valence-corrected chi connectivity index (χ2v) is 7.82. The molecule has 0 aliphatic rings. The summed E-state index contributed by atoms with van der Waals surface area (Å²) in [6, 6.07) is 0. The quantitative estimate of drug-likeness (QED) is 0.168. The summed E-state index contributed by atoms with van der Waals surface area (Å²) in [5, 5.41) is 2.71. The number of hydrogen-bond donors (Lipinski definition) is 1. The van der Waals surface area contributed by atoms with E-state index < -0.39 is 18.0 Å². The zero-order chi connectivity index (χ0) is 23.7. The molecule has 0 aliphatic heterocycles. The van der Waals surface area contributed by atoms with Gasteiger partial charge in [-0.2, -0.15) is 0 Å². The van der Waals surface area contributed by atoms with Gasteiger partial charge in [0, 0.05) is 25.1 Å². The average Bonchev–Trinajstić information content (AvgIpc) is 2.72. The Labute approximate surface area is 184 Å². The van der Waals surface area contributed by atoms with Crippen LogP contribution in [0.4, 0.5) is 4.79 Å². The molecule has 0 saturated carbocycles. The SMILES string of the molecule is C=CC(=O)OCCOC(=O)CCCC(C)CC(C)(C)CNC(=O)OCCOC(=O)C=C. The van der Waals surface area contributed by atoms with Crippen molar-refractivity contribution in [2.24, 2.45) is 11.3 Å². The van der Waals surface area contributed by atoms with Gasteiger partial charge in [-0.1, -0.05) is 40.3 Å². The molecule has 0 aromatic carbocycles. The minimum atomic E-state index is -0.572. The fourth-order valence-electron chi connectivity index (χ4n) is 2.84. The highest BCUT2D eigenvalue weighted by Gasteiger charge is 2.22. The normalized spacial score (nSPS) is 11.6. The lowest BCUT2D eigenvalue weighted by molar-refractivity contribution is -0.149. The second-order valence-electron chi connectivity index (χ2n) is 7.82. The number of rotatable bonds is 16. The van der Waals surface area contributed by atoms with Crippen LogP contribution in [0.3, 0.4) is 0 Å². The topological polar surface area (TPSA) is 117 Å². The minimum Gasteiger partial charge on any atom is -0.462 e. The van der Waals surface area contributed by atoms with Gasteiger partial charge in [0.15, 0.2) is 0 Å². The van der Waals surface area contributed by atoms with Gasteiger partial charge in [-0.25, -0.2) is 14.4 Å². The van der Waals surface area contributed by atoms with Gasteiger partial charge in [0.25, 0.3) is 0 Å². The molecule has 0 bridgehead atoms. The maximum Gasteiger partial charge on any atom is 0.407 e. The van der Waals surface area contributed by atoms with Gasteiger partial charge < -0.3 is 24.3 Å². The van der Waals surface area contributed by atoms with Crippen LogP contribution in [0.5, 0.6) is 0 Å². The predicted molar refractivity (Wildman–Crippen MR) is 114 cm³/mol. The van der Waals surface area contributed by atoms with Crippen LogP contribution in [0, 0.1) is 11.3 Å². The maximum atomic E-state index is 11.7. The Morgan fingerprint density at radius 2 is 1.42 bits per heavy atom. The van der Waals surface area contributed by atoms with Gasteiger partial charge in [0.2, 0.25) is 0 Å². The number of ether oxygens (including phenoxy) is 4. The molecule has 9 nitrogen and oxygen atoms in total. The lowest BCUT2D eigenvalue weighted by Crippen LogP contribution is -2.35. The van der Waals surface area contributed by atoms with E-state index in [4.69, 9.17) is 18.9 Å². The maximum absolute atomic E-state index is 11.7. The van der Waals surface area contributed by atoms with Crippen molar-refractivity contribution in [3.05, 3.63) is 25.3 Å². The molecule has 0 aromatic rings. The summed E-state index contributed by atoms with van der Waals surface area (Å²) in [4.78, 5) is 45.2. The highest BCUT2D eigenvalue weighted by Crippen LogP contribution is 2.27. The molecule has 1 atom stereocenters. The van der Waals surface area contributed by atoms with Crippen molar-refractivity contribution in [3.8, 4) is 0 Å². The molecule has 1 unspecified atom stereocenters. The Balaban J connectivity index is 3.92. The number of esters is 3. The van der Waals surface area contributed by atoms with Crippen LogP contribution >= 0.6 is 0 Å². The standard InChI is InChI=1S/C22H35NO8/c1-6-18(24)28-11-12-30-20(26)10-8-9-17(3)15-22(4,5)16-23-21(27)31-14-13-29-19(25)7-2/h6-7,17H,1-2,8-16H2,3-5H3,(H,23,27). The van der Waals surface area contributed by atoms with Gasteiger partial charge in [-0.15, -0.1) is 0 Å². The average molecular weight is 442 g/mol. The predicted octanol–water partition coefficient (Wildman–Crippen LogP) is 2.94. The summed E-state index contributed by atoms with van der Waals surface area (Å²) in [6.45, 7) is 13.1. The van der Waals surface area contributed by atoms with Crippen molar-refractivity contribution in [2.75, 3.05) is 33.0 Å². The van der Waals surface area contributed by atoms with Gasteiger partial charge in [0.1, 0.15) is 26.4 Å². The molecule has 0 rings (SSSR count). The van der Waals surface area contributed by atoms with E-state index in [1.807, 2.05) is 13.8 Å². The summed E-state index contributed by atoms with van der Waals surface area (Å²) in [5.41, 5.74) is -0.163. The van der Waals surface area contributed by atoms with Crippen molar-refractivity contribution in [1.82, 2.24) is 5.32 Å². The summed E-state index contributed by atoms with van der Waals surface area (Å²) in [6.07, 6.45) is 4.17. The number of carbonyl (C=O) groups is 4.